The van der Waals surface area contributed by atoms with Crippen molar-refractivity contribution in [2.45, 2.75) is 25.4 Å². The number of carbonyl (C=O) groups excluding carboxylic acids is 1. The zero-order chi connectivity index (χ0) is 13.8. The molecule has 1 N–H and O–H groups in total. The molecule has 0 spiro atoms. The van der Waals surface area contributed by atoms with Crippen LogP contribution in [0.3, 0.4) is 0 Å². The molecule has 2 unspecified atom stereocenters. The van der Waals surface area contributed by atoms with Crippen LogP contribution in [0.4, 0.5) is 0 Å². The Balaban J connectivity index is 2.10. The minimum atomic E-state index is -0.941. The third kappa shape index (κ3) is 3.04. The molecule has 1 aliphatic carbocycles. The molecule has 5 heteroatoms. The maximum Gasteiger partial charge on any atom is 0.313 e. The SMILES string of the molecule is COC1C=C(C(=O)N2CCCCC2)C=CC1C(=O)O. The van der Waals surface area contributed by atoms with E-state index in [9.17, 15) is 9.59 Å². The van der Waals surface area contributed by atoms with Crippen molar-refractivity contribution < 1.29 is 19.4 Å². The van der Waals surface area contributed by atoms with E-state index in [2.05, 4.69) is 0 Å². The van der Waals surface area contributed by atoms with Gasteiger partial charge in [0.1, 0.15) is 5.92 Å². The van der Waals surface area contributed by atoms with Gasteiger partial charge in [-0.05, 0) is 25.3 Å². The number of carboxylic acids is 1. The molecular formula is C14H19NO4. The normalized spacial score (nSPS) is 27.0. The number of ether oxygens (including phenoxy) is 1. The van der Waals surface area contributed by atoms with Gasteiger partial charge in [0.2, 0.25) is 0 Å². The number of carboxylic acid groups (broad SMARTS) is 1. The van der Waals surface area contributed by atoms with E-state index in [1.54, 1.807) is 12.2 Å². The fraction of sp³-hybridized carbons (Fsp3) is 0.571. The van der Waals surface area contributed by atoms with Crippen molar-refractivity contribution in [3.63, 3.8) is 0 Å². The summed E-state index contributed by atoms with van der Waals surface area (Å²) in [6.07, 6.45) is 7.42. The fourth-order valence-electron chi connectivity index (χ4n) is 2.51. The van der Waals surface area contributed by atoms with E-state index in [0.717, 1.165) is 25.9 Å². The first-order chi connectivity index (χ1) is 9.13. The molecule has 1 saturated heterocycles. The molecule has 1 aliphatic heterocycles. The van der Waals surface area contributed by atoms with Crippen molar-refractivity contribution in [3.05, 3.63) is 23.8 Å². The topological polar surface area (TPSA) is 66.8 Å². The van der Waals surface area contributed by atoms with E-state index in [1.165, 1.54) is 19.6 Å². The molecule has 5 nitrogen and oxygen atoms in total. The van der Waals surface area contributed by atoms with Crippen molar-refractivity contribution >= 4 is 11.9 Å². The van der Waals surface area contributed by atoms with E-state index in [1.807, 2.05) is 4.90 Å². The lowest BCUT2D eigenvalue weighted by Crippen LogP contribution is -2.38. The highest BCUT2D eigenvalue weighted by Gasteiger charge is 2.30. The van der Waals surface area contributed by atoms with Crippen LogP contribution in [0.1, 0.15) is 19.3 Å². The van der Waals surface area contributed by atoms with Gasteiger partial charge in [-0.1, -0.05) is 12.2 Å². The Labute approximate surface area is 112 Å². The van der Waals surface area contributed by atoms with Crippen LogP contribution in [-0.2, 0) is 14.3 Å². The summed E-state index contributed by atoms with van der Waals surface area (Å²) in [5.41, 5.74) is 0.534. The monoisotopic (exact) mass is 265 g/mol. The molecule has 0 aromatic heterocycles. The second kappa shape index (κ2) is 6.02. The van der Waals surface area contributed by atoms with Crippen LogP contribution in [0.15, 0.2) is 23.8 Å². The first-order valence-corrected chi connectivity index (χ1v) is 6.58. The number of hydrogen-bond donors (Lipinski definition) is 1. The molecule has 0 bridgehead atoms. The Morgan fingerprint density at radius 3 is 2.58 bits per heavy atom. The first kappa shape index (κ1) is 13.8. The zero-order valence-corrected chi connectivity index (χ0v) is 11.0. The lowest BCUT2D eigenvalue weighted by atomic mass is 9.93. The Bertz CT molecular complexity index is 421. The smallest absolute Gasteiger partial charge is 0.313 e. The molecule has 104 valence electrons. The van der Waals surface area contributed by atoms with Crippen molar-refractivity contribution in [1.82, 2.24) is 4.90 Å². The molecule has 1 amide bonds. The number of carbonyl (C=O) groups is 2. The maximum atomic E-state index is 12.3. The minimum Gasteiger partial charge on any atom is -0.481 e. The minimum absolute atomic E-state index is 0.0261. The molecule has 2 rings (SSSR count). The van der Waals surface area contributed by atoms with Gasteiger partial charge >= 0.3 is 5.97 Å². The predicted octanol–water partition coefficient (Wildman–Crippen LogP) is 1.21. The van der Waals surface area contributed by atoms with Crippen LogP contribution in [0, 0.1) is 5.92 Å². The van der Waals surface area contributed by atoms with Gasteiger partial charge in [-0.15, -0.1) is 0 Å². The molecular weight excluding hydrogens is 246 g/mol. The van der Waals surface area contributed by atoms with Gasteiger partial charge < -0.3 is 14.7 Å². The second-order valence-corrected chi connectivity index (χ2v) is 4.90. The van der Waals surface area contributed by atoms with Crippen molar-refractivity contribution in [3.8, 4) is 0 Å². The number of methoxy groups -OCH3 is 1. The van der Waals surface area contributed by atoms with E-state index in [-0.39, 0.29) is 5.91 Å². The number of likely N-dealkylation sites (tertiary alicyclic amines) is 1. The van der Waals surface area contributed by atoms with Crippen LogP contribution in [0.25, 0.3) is 0 Å². The average Bonchev–Trinajstić information content (AvgIpc) is 2.46. The van der Waals surface area contributed by atoms with Crippen LogP contribution in [0.5, 0.6) is 0 Å². The van der Waals surface area contributed by atoms with Gasteiger partial charge in [-0.2, -0.15) is 0 Å². The molecule has 0 radical (unpaired) electrons. The molecule has 0 saturated carbocycles. The number of hydrogen-bond acceptors (Lipinski definition) is 3. The van der Waals surface area contributed by atoms with Crippen LogP contribution in [-0.4, -0.2) is 48.2 Å². The summed E-state index contributed by atoms with van der Waals surface area (Å²) in [6, 6.07) is 0. The summed E-state index contributed by atoms with van der Waals surface area (Å²) in [5.74, 6) is -1.69. The van der Waals surface area contributed by atoms with Gasteiger partial charge in [0.15, 0.2) is 0 Å². The van der Waals surface area contributed by atoms with E-state index in [4.69, 9.17) is 9.84 Å². The van der Waals surface area contributed by atoms with Crippen molar-refractivity contribution in [2.24, 2.45) is 5.92 Å². The highest BCUT2D eigenvalue weighted by molar-refractivity contribution is 5.97. The highest BCUT2D eigenvalue weighted by atomic mass is 16.5. The van der Waals surface area contributed by atoms with Crippen LogP contribution in [0.2, 0.25) is 0 Å². The van der Waals surface area contributed by atoms with Crippen LogP contribution >= 0.6 is 0 Å². The third-order valence-electron chi connectivity index (χ3n) is 3.63. The number of aliphatic carboxylic acids is 1. The number of nitrogens with zero attached hydrogens (tertiary/aromatic N) is 1. The number of amides is 1. The summed E-state index contributed by atoms with van der Waals surface area (Å²) in [5, 5.41) is 9.06. The summed E-state index contributed by atoms with van der Waals surface area (Å²) < 4.78 is 5.15. The van der Waals surface area contributed by atoms with Crippen LogP contribution < -0.4 is 0 Å². The number of rotatable bonds is 3. The summed E-state index contributed by atoms with van der Waals surface area (Å²) >= 11 is 0. The molecule has 0 aromatic carbocycles. The standard InChI is InChI=1S/C14H19NO4/c1-19-12-9-10(5-6-11(12)14(17)18)13(16)15-7-3-2-4-8-15/h5-6,9,11-12H,2-4,7-8H2,1H3,(H,17,18). The van der Waals surface area contributed by atoms with Crippen molar-refractivity contribution in [1.29, 1.82) is 0 Å². The number of piperidine rings is 1. The molecule has 19 heavy (non-hydrogen) atoms. The summed E-state index contributed by atoms with van der Waals surface area (Å²) in [4.78, 5) is 25.2. The Hall–Kier alpha value is -1.62. The Morgan fingerprint density at radius 2 is 2.00 bits per heavy atom. The maximum absolute atomic E-state index is 12.3. The third-order valence-corrected chi connectivity index (χ3v) is 3.63. The lowest BCUT2D eigenvalue weighted by Gasteiger charge is -2.29. The quantitative estimate of drug-likeness (QED) is 0.833. The lowest BCUT2D eigenvalue weighted by molar-refractivity contribution is -0.143. The molecule has 0 aromatic rings. The van der Waals surface area contributed by atoms with Gasteiger partial charge in [-0.25, -0.2) is 0 Å². The zero-order valence-electron chi connectivity index (χ0n) is 11.0. The van der Waals surface area contributed by atoms with Crippen molar-refractivity contribution in [2.75, 3.05) is 20.2 Å². The second-order valence-electron chi connectivity index (χ2n) is 4.90. The Morgan fingerprint density at radius 1 is 1.32 bits per heavy atom. The van der Waals surface area contributed by atoms with E-state index >= 15 is 0 Å². The first-order valence-electron chi connectivity index (χ1n) is 6.58. The Kier molecular flexibility index (Phi) is 4.37. The largest absolute Gasteiger partial charge is 0.481 e. The van der Waals surface area contributed by atoms with Gasteiger partial charge in [-0.3, -0.25) is 9.59 Å². The summed E-state index contributed by atoms with van der Waals surface area (Å²) in [7, 11) is 1.46. The van der Waals surface area contributed by atoms with E-state index in [0.29, 0.717) is 5.57 Å². The van der Waals surface area contributed by atoms with Gasteiger partial charge in [0, 0.05) is 25.8 Å². The molecule has 1 fully saturated rings. The van der Waals surface area contributed by atoms with Gasteiger partial charge in [0.05, 0.1) is 6.10 Å². The van der Waals surface area contributed by atoms with Gasteiger partial charge in [0.25, 0.3) is 5.91 Å². The van der Waals surface area contributed by atoms with E-state index < -0.39 is 18.0 Å². The average molecular weight is 265 g/mol. The molecule has 2 atom stereocenters. The molecule has 2 aliphatic rings. The summed E-state index contributed by atoms with van der Waals surface area (Å²) in [6.45, 7) is 1.56. The highest BCUT2D eigenvalue weighted by Crippen LogP contribution is 2.22. The fourth-order valence-corrected chi connectivity index (χ4v) is 2.51. The predicted molar refractivity (Wildman–Crippen MR) is 69.6 cm³/mol. The molecule has 1 heterocycles.